The van der Waals surface area contributed by atoms with Crippen molar-refractivity contribution < 1.29 is 4.79 Å². The van der Waals surface area contributed by atoms with Gasteiger partial charge in [-0.15, -0.1) is 10.2 Å². The van der Waals surface area contributed by atoms with Crippen molar-refractivity contribution in [2.24, 2.45) is 0 Å². The molecule has 3 aromatic rings. The standard InChI is InChI=1S/C21H19N7O/c22-15-16-4-6-17(7-5-16)24-19-9-8-18(25-26-19)21(29)28-13-11-27(12-14-28)20-3-1-2-10-23-20/h1-10H,11-14H2,(H,24,26). The Morgan fingerprint density at radius 2 is 1.76 bits per heavy atom. The number of amides is 1. The first-order valence-electron chi connectivity index (χ1n) is 9.29. The summed E-state index contributed by atoms with van der Waals surface area (Å²) in [5.74, 6) is 1.34. The van der Waals surface area contributed by atoms with E-state index in [0.29, 0.717) is 30.2 Å². The number of piperazine rings is 1. The van der Waals surface area contributed by atoms with Crippen molar-refractivity contribution in [3.05, 3.63) is 72.1 Å². The van der Waals surface area contributed by atoms with Crippen LogP contribution in [0.4, 0.5) is 17.3 Å². The van der Waals surface area contributed by atoms with Crippen LogP contribution in [0.1, 0.15) is 16.1 Å². The number of carbonyl (C=O) groups excluding carboxylic acids is 1. The Kier molecular flexibility index (Phi) is 5.29. The first-order chi connectivity index (χ1) is 14.2. The van der Waals surface area contributed by atoms with E-state index in [9.17, 15) is 4.79 Å². The van der Waals surface area contributed by atoms with Crippen LogP contribution in [0.15, 0.2) is 60.8 Å². The van der Waals surface area contributed by atoms with Gasteiger partial charge in [-0.05, 0) is 48.5 Å². The molecule has 0 atom stereocenters. The van der Waals surface area contributed by atoms with Gasteiger partial charge in [0.25, 0.3) is 5.91 Å². The molecule has 0 bridgehead atoms. The number of rotatable bonds is 4. The summed E-state index contributed by atoms with van der Waals surface area (Å²) in [6.45, 7) is 2.69. The fourth-order valence-electron chi connectivity index (χ4n) is 3.13. The fourth-order valence-corrected chi connectivity index (χ4v) is 3.13. The molecule has 4 rings (SSSR count). The minimum atomic E-state index is -0.122. The third-order valence-electron chi connectivity index (χ3n) is 4.71. The topological polar surface area (TPSA) is 98.0 Å². The second-order valence-corrected chi connectivity index (χ2v) is 6.59. The van der Waals surface area contributed by atoms with E-state index < -0.39 is 0 Å². The summed E-state index contributed by atoms with van der Waals surface area (Å²) in [5, 5.41) is 20.1. The maximum atomic E-state index is 12.7. The lowest BCUT2D eigenvalue weighted by atomic mass is 10.2. The third-order valence-corrected chi connectivity index (χ3v) is 4.71. The molecule has 8 nitrogen and oxygen atoms in total. The van der Waals surface area contributed by atoms with Crippen molar-refractivity contribution in [1.82, 2.24) is 20.1 Å². The smallest absolute Gasteiger partial charge is 0.274 e. The Morgan fingerprint density at radius 1 is 0.966 bits per heavy atom. The molecule has 2 aromatic heterocycles. The highest BCUT2D eigenvalue weighted by Gasteiger charge is 2.23. The van der Waals surface area contributed by atoms with Gasteiger partial charge in [-0.1, -0.05) is 6.07 Å². The normalized spacial score (nSPS) is 13.6. The molecule has 1 aliphatic heterocycles. The predicted molar refractivity (Wildman–Crippen MR) is 109 cm³/mol. The SMILES string of the molecule is N#Cc1ccc(Nc2ccc(C(=O)N3CCN(c4ccccn4)CC3)nn2)cc1. The molecule has 1 aliphatic rings. The van der Waals surface area contributed by atoms with E-state index in [2.05, 4.69) is 31.5 Å². The molecule has 29 heavy (non-hydrogen) atoms. The van der Waals surface area contributed by atoms with Crippen LogP contribution in [0.25, 0.3) is 0 Å². The van der Waals surface area contributed by atoms with E-state index >= 15 is 0 Å². The zero-order valence-corrected chi connectivity index (χ0v) is 15.7. The highest BCUT2D eigenvalue weighted by atomic mass is 16.2. The molecule has 0 radical (unpaired) electrons. The fraction of sp³-hybridized carbons (Fsp3) is 0.190. The Labute approximate surface area is 168 Å². The largest absolute Gasteiger partial charge is 0.353 e. The molecular weight excluding hydrogens is 366 g/mol. The van der Waals surface area contributed by atoms with Crippen LogP contribution in [0.3, 0.4) is 0 Å². The van der Waals surface area contributed by atoms with Gasteiger partial charge in [0.1, 0.15) is 5.82 Å². The number of anilines is 3. The second kappa shape index (κ2) is 8.35. The van der Waals surface area contributed by atoms with Gasteiger partial charge in [0.05, 0.1) is 11.6 Å². The Hall–Kier alpha value is -3.99. The number of aromatic nitrogens is 3. The molecule has 1 amide bonds. The summed E-state index contributed by atoms with van der Waals surface area (Å²) >= 11 is 0. The average Bonchev–Trinajstić information content (AvgIpc) is 2.80. The molecule has 8 heteroatoms. The van der Waals surface area contributed by atoms with Gasteiger partial charge in [-0.2, -0.15) is 5.26 Å². The van der Waals surface area contributed by atoms with Crippen molar-refractivity contribution in [1.29, 1.82) is 5.26 Å². The van der Waals surface area contributed by atoms with Gasteiger partial charge < -0.3 is 15.1 Å². The predicted octanol–water partition coefficient (Wildman–Crippen LogP) is 2.45. The minimum Gasteiger partial charge on any atom is -0.353 e. The summed E-state index contributed by atoms with van der Waals surface area (Å²) in [5.41, 5.74) is 1.70. The van der Waals surface area contributed by atoms with Crippen molar-refractivity contribution in [3.63, 3.8) is 0 Å². The summed E-state index contributed by atoms with van der Waals surface area (Å²) < 4.78 is 0. The highest BCUT2D eigenvalue weighted by molar-refractivity contribution is 5.92. The first kappa shape index (κ1) is 18.4. The lowest BCUT2D eigenvalue weighted by Crippen LogP contribution is -2.49. The molecule has 0 spiro atoms. The zero-order valence-electron chi connectivity index (χ0n) is 15.7. The first-order valence-corrected chi connectivity index (χ1v) is 9.29. The number of hydrogen-bond donors (Lipinski definition) is 1. The molecule has 0 aliphatic carbocycles. The van der Waals surface area contributed by atoms with Crippen LogP contribution in [-0.4, -0.2) is 52.2 Å². The molecule has 1 saturated heterocycles. The van der Waals surface area contributed by atoms with Crippen molar-refractivity contribution >= 4 is 23.2 Å². The van der Waals surface area contributed by atoms with Crippen molar-refractivity contribution in [2.75, 3.05) is 36.4 Å². The van der Waals surface area contributed by atoms with Crippen LogP contribution >= 0.6 is 0 Å². The number of nitriles is 1. The molecule has 3 heterocycles. The zero-order chi connectivity index (χ0) is 20.1. The van der Waals surface area contributed by atoms with Crippen LogP contribution in [0, 0.1) is 11.3 Å². The quantitative estimate of drug-likeness (QED) is 0.736. The van der Waals surface area contributed by atoms with Gasteiger partial charge in [-0.25, -0.2) is 4.98 Å². The van der Waals surface area contributed by atoms with E-state index in [-0.39, 0.29) is 5.91 Å². The maximum absolute atomic E-state index is 12.7. The number of pyridine rings is 1. The van der Waals surface area contributed by atoms with Crippen LogP contribution in [0.5, 0.6) is 0 Å². The number of nitrogens with zero attached hydrogens (tertiary/aromatic N) is 6. The van der Waals surface area contributed by atoms with Gasteiger partial charge in [0, 0.05) is 38.1 Å². The Balaban J connectivity index is 1.35. The molecule has 0 unspecified atom stereocenters. The summed E-state index contributed by atoms with van der Waals surface area (Å²) in [7, 11) is 0. The van der Waals surface area contributed by atoms with E-state index in [1.165, 1.54) is 0 Å². The third kappa shape index (κ3) is 4.30. The lowest BCUT2D eigenvalue weighted by molar-refractivity contribution is 0.0739. The summed E-state index contributed by atoms with van der Waals surface area (Å²) in [6.07, 6.45) is 1.77. The summed E-state index contributed by atoms with van der Waals surface area (Å²) in [4.78, 5) is 21.0. The van der Waals surface area contributed by atoms with E-state index in [1.807, 2.05) is 18.2 Å². The van der Waals surface area contributed by atoms with Crippen molar-refractivity contribution in [3.8, 4) is 6.07 Å². The Bertz CT molecular complexity index is 1010. The second-order valence-electron chi connectivity index (χ2n) is 6.59. The number of hydrogen-bond acceptors (Lipinski definition) is 7. The van der Waals surface area contributed by atoms with Crippen molar-refractivity contribution in [2.45, 2.75) is 0 Å². The summed E-state index contributed by atoms with van der Waals surface area (Å²) in [6, 6.07) is 18.3. The average molecular weight is 385 g/mol. The number of carbonyl (C=O) groups is 1. The van der Waals surface area contributed by atoms with Gasteiger partial charge in [0.2, 0.25) is 0 Å². The van der Waals surface area contributed by atoms with Gasteiger partial charge in [-0.3, -0.25) is 4.79 Å². The van der Waals surface area contributed by atoms with Crippen LogP contribution in [0.2, 0.25) is 0 Å². The molecule has 1 N–H and O–H groups in total. The molecule has 144 valence electrons. The number of benzene rings is 1. The molecule has 1 fully saturated rings. The highest BCUT2D eigenvalue weighted by Crippen LogP contribution is 2.16. The van der Waals surface area contributed by atoms with Crippen LogP contribution in [-0.2, 0) is 0 Å². The van der Waals surface area contributed by atoms with Crippen LogP contribution < -0.4 is 10.2 Å². The monoisotopic (exact) mass is 385 g/mol. The van der Waals surface area contributed by atoms with E-state index in [0.717, 1.165) is 24.6 Å². The maximum Gasteiger partial charge on any atom is 0.274 e. The molecule has 1 aromatic carbocycles. The van der Waals surface area contributed by atoms with Gasteiger partial charge >= 0.3 is 0 Å². The molecular formula is C21H19N7O. The lowest BCUT2D eigenvalue weighted by Gasteiger charge is -2.35. The van der Waals surface area contributed by atoms with E-state index in [1.54, 1.807) is 47.5 Å². The molecule has 0 saturated carbocycles. The minimum absolute atomic E-state index is 0.122. The van der Waals surface area contributed by atoms with Gasteiger partial charge in [0.15, 0.2) is 11.5 Å². The number of nitrogens with one attached hydrogen (secondary N) is 1. The van der Waals surface area contributed by atoms with E-state index in [4.69, 9.17) is 5.26 Å². The Morgan fingerprint density at radius 3 is 2.38 bits per heavy atom.